The molecule has 0 atom stereocenters. The molecule has 0 aliphatic heterocycles. The third-order valence-corrected chi connectivity index (χ3v) is 5.44. The first-order valence-corrected chi connectivity index (χ1v) is 8.46. The summed E-state index contributed by atoms with van der Waals surface area (Å²) in [5.74, 6) is 2.49. The van der Waals surface area contributed by atoms with Crippen LogP contribution in [0.3, 0.4) is 0 Å². The molecule has 0 bridgehead atoms. The minimum absolute atomic E-state index is 0.564. The molecule has 1 aromatic carbocycles. The van der Waals surface area contributed by atoms with Gasteiger partial charge in [0.1, 0.15) is 17.3 Å². The second-order valence-corrected chi connectivity index (χ2v) is 6.92. The van der Waals surface area contributed by atoms with E-state index in [1.807, 2.05) is 7.05 Å². The standard InChI is InChI=1S/C17H22BrN3/c1-11-8-9-13(10-14(11)18)15-16(19)21(2)17(20-15)12-6-4-3-5-7-12/h8-10,12H,3-7,19H2,1-2H3. The lowest BCUT2D eigenvalue weighted by Gasteiger charge is -2.21. The van der Waals surface area contributed by atoms with Gasteiger partial charge in [0.2, 0.25) is 0 Å². The van der Waals surface area contributed by atoms with Gasteiger partial charge in [0.25, 0.3) is 0 Å². The average molecular weight is 348 g/mol. The fourth-order valence-corrected chi connectivity index (χ4v) is 3.59. The molecule has 4 heteroatoms. The fourth-order valence-electron chi connectivity index (χ4n) is 3.21. The molecule has 3 rings (SSSR count). The number of nitrogen functional groups attached to an aromatic ring is 1. The summed E-state index contributed by atoms with van der Waals surface area (Å²) >= 11 is 3.59. The van der Waals surface area contributed by atoms with Crippen LogP contribution >= 0.6 is 15.9 Å². The van der Waals surface area contributed by atoms with Gasteiger partial charge in [-0.3, -0.25) is 0 Å². The van der Waals surface area contributed by atoms with Crippen molar-refractivity contribution in [2.75, 3.05) is 5.73 Å². The lowest BCUT2D eigenvalue weighted by Crippen LogP contribution is -2.11. The molecule has 1 heterocycles. The zero-order valence-corrected chi connectivity index (χ0v) is 14.3. The van der Waals surface area contributed by atoms with Gasteiger partial charge in [-0.25, -0.2) is 4.98 Å². The zero-order valence-electron chi connectivity index (χ0n) is 12.7. The first-order valence-electron chi connectivity index (χ1n) is 7.66. The van der Waals surface area contributed by atoms with Crippen molar-refractivity contribution in [3.05, 3.63) is 34.1 Å². The zero-order chi connectivity index (χ0) is 15.0. The number of aromatic nitrogens is 2. The SMILES string of the molecule is Cc1ccc(-c2nc(C3CCCCC3)n(C)c2N)cc1Br. The summed E-state index contributed by atoms with van der Waals surface area (Å²) in [6.07, 6.45) is 6.45. The number of nitrogens with zero attached hydrogens (tertiary/aromatic N) is 2. The van der Waals surface area contributed by atoms with Gasteiger partial charge in [-0.15, -0.1) is 0 Å². The Balaban J connectivity index is 2.01. The van der Waals surface area contributed by atoms with E-state index in [0.717, 1.165) is 27.4 Å². The molecule has 0 unspecified atom stereocenters. The Bertz CT molecular complexity index is 654. The first-order chi connectivity index (χ1) is 10.1. The van der Waals surface area contributed by atoms with E-state index >= 15 is 0 Å². The number of hydrogen-bond donors (Lipinski definition) is 1. The maximum absolute atomic E-state index is 6.32. The number of imidazole rings is 1. The van der Waals surface area contributed by atoms with Crippen molar-refractivity contribution in [2.24, 2.45) is 7.05 Å². The normalized spacial score (nSPS) is 16.3. The van der Waals surface area contributed by atoms with E-state index in [1.165, 1.54) is 37.7 Å². The number of anilines is 1. The topological polar surface area (TPSA) is 43.8 Å². The van der Waals surface area contributed by atoms with Crippen LogP contribution < -0.4 is 5.73 Å². The quantitative estimate of drug-likeness (QED) is 0.848. The van der Waals surface area contributed by atoms with E-state index < -0.39 is 0 Å². The fraction of sp³-hybridized carbons (Fsp3) is 0.471. The third-order valence-electron chi connectivity index (χ3n) is 4.59. The Hall–Kier alpha value is -1.29. The van der Waals surface area contributed by atoms with E-state index in [0.29, 0.717) is 5.92 Å². The summed E-state index contributed by atoms with van der Waals surface area (Å²) in [6, 6.07) is 6.32. The Morgan fingerprint density at radius 2 is 1.95 bits per heavy atom. The van der Waals surface area contributed by atoms with Crippen LogP contribution in [0.2, 0.25) is 0 Å². The van der Waals surface area contributed by atoms with Crippen LogP contribution in [-0.2, 0) is 7.05 Å². The molecule has 2 N–H and O–H groups in total. The summed E-state index contributed by atoms with van der Waals surface area (Å²) in [6.45, 7) is 2.09. The van der Waals surface area contributed by atoms with Gasteiger partial charge in [-0.2, -0.15) is 0 Å². The van der Waals surface area contributed by atoms with Crippen molar-refractivity contribution in [2.45, 2.75) is 44.9 Å². The second-order valence-electron chi connectivity index (χ2n) is 6.06. The summed E-state index contributed by atoms with van der Waals surface area (Å²) in [5.41, 5.74) is 9.54. The Labute approximate surface area is 134 Å². The molecule has 0 radical (unpaired) electrons. The number of hydrogen-bond acceptors (Lipinski definition) is 2. The third kappa shape index (κ3) is 2.73. The number of benzene rings is 1. The molecule has 0 amide bonds. The van der Waals surface area contributed by atoms with Crippen LogP contribution in [0.4, 0.5) is 5.82 Å². The highest BCUT2D eigenvalue weighted by Gasteiger charge is 2.23. The van der Waals surface area contributed by atoms with Crippen molar-refractivity contribution < 1.29 is 0 Å². The molecular weight excluding hydrogens is 326 g/mol. The van der Waals surface area contributed by atoms with Gasteiger partial charge in [0.15, 0.2) is 0 Å². The second kappa shape index (κ2) is 5.84. The number of nitrogens with two attached hydrogens (primary N) is 1. The first kappa shape index (κ1) is 14.6. The van der Waals surface area contributed by atoms with Crippen LogP contribution in [0, 0.1) is 6.92 Å². The molecule has 21 heavy (non-hydrogen) atoms. The molecule has 0 saturated heterocycles. The largest absolute Gasteiger partial charge is 0.383 e. The molecule has 1 aliphatic carbocycles. The summed E-state index contributed by atoms with van der Waals surface area (Å²) in [4.78, 5) is 4.89. The summed E-state index contributed by atoms with van der Waals surface area (Å²) in [7, 11) is 2.04. The smallest absolute Gasteiger partial charge is 0.131 e. The molecule has 1 aliphatic rings. The van der Waals surface area contributed by atoms with Crippen molar-refractivity contribution >= 4 is 21.7 Å². The maximum Gasteiger partial charge on any atom is 0.131 e. The maximum atomic E-state index is 6.32. The monoisotopic (exact) mass is 347 g/mol. The van der Waals surface area contributed by atoms with Crippen LogP contribution in [-0.4, -0.2) is 9.55 Å². The van der Waals surface area contributed by atoms with Gasteiger partial charge < -0.3 is 10.3 Å². The van der Waals surface area contributed by atoms with Gasteiger partial charge in [0, 0.05) is 23.0 Å². The number of halogens is 1. The summed E-state index contributed by atoms with van der Waals surface area (Å²) in [5, 5.41) is 0. The molecule has 112 valence electrons. The molecule has 2 aromatic rings. The predicted octanol–water partition coefficient (Wildman–Crippen LogP) is 4.79. The van der Waals surface area contributed by atoms with E-state index in [4.69, 9.17) is 10.7 Å². The lowest BCUT2D eigenvalue weighted by molar-refractivity contribution is 0.422. The van der Waals surface area contributed by atoms with Gasteiger partial charge in [-0.05, 0) is 31.4 Å². The van der Waals surface area contributed by atoms with Crippen molar-refractivity contribution in [3.63, 3.8) is 0 Å². The van der Waals surface area contributed by atoms with E-state index in [9.17, 15) is 0 Å². The van der Waals surface area contributed by atoms with Crippen molar-refractivity contribution in [1.82, 2.24) is 9.55 Å². The van der Waals surface area contributed by atoms with Gasteiger partial charge in [0.05, 0.1) is 0 Å². The molecule has 0 spiro atoms. The average Bonchev–Trinajstić information content (AvgIpc) is 2.79. The highest BCUT2D eigenvalue weighted by atomic mass is 79.9. The number of aryl methyl sites for hydroxylation is 1. The minimum Gasteiger partial charge on any atom is -0.383 e. The van der Waals surface area contributed by atoms with E-state index in [1.54, 1.807) is 0 Å². The van der Waals surface area contributed by atoms with Crippen molar-refractivity contribution in [3.8, 4) is 11.3 Å². The Morgan fingerprint density at radius 3 is 2.62 bits per heavy atom. The highest BCUT2D eigenvalue weighted by Crippen LogP contribution is 2.36. The van der Waals surface area contributed by atoms with Crippen LogP contribution in [0.15, 0.2) is 22.7 Å². The van der Waals surface area contributed by atoms with E-state index in [-0.39, 0.29) is 0 Å². The Morgan fingerprint density at radius 1 is 1.24 bits per heavy atom. The number of rotatable bonds is 2. The van der Waals surface area contributed by atoms with Crippen LogP contribution in [0.1, 0.15) is 49.4 Å². The predicted molar refractivity (Wildman–Crippen MR) is 91.3 cm³/mol. The highest BCUT2D eigenvalue weighted by molar-refractivity contribution is 9.10. The van der Waals surface area contributed by atoms with Crippen molar-refractivity contribution in [1.29, 1.82) is 0 Å². The van der Waals surface area contributed by atoms with Crippen LogP contribution in [0.25, 0.3) is 11.3 Å². The Kier molecular flexibility index (Phi) is 4.07. The van der Waals surface area contributed by atoms with Crippen LogP contribution in [0.5, 0.6) is 0 Å². The minimum atomic E-state index is 0.564. The summed E-state index contributed by atoms with van der Waals surface area (Å²) < 4.78 is 3.18. The molecule has 1 fully saturated rings. The molecule has 1 aromatic heterocycles. The molecular formula is C17H22BrN3. The van der Waals surface area contributed by atoms with Gasteiger partial charge >= 0.3 is 0 Å². The van der Waals surface area contributed by atoms with Gasteiger partial charge in [-0.1, -0.05) is 47.3 Å². The molecule has 1 saturated carbocycles. The van der Waals surface area contributed by atoms with E-state index in [2.05, 4.69) is 45.6 Å². The lowest BCUT2D eigenvalue weighted by atomic mass is 9.89. The molecule has 3 nitrogen and oxygen atoms in total.